The van der Waals surface area contributed by atoms with Gasteiger partial charge in [0.15, 0.2) is 5.78 Å². The van der Waals surface area contributed by atoms with E-state index in [-0.39, 0.29) is 35.7 Å². The lowest BCUT2D eigenvalue weighted by molar-refractivity contribution is -0.133. The summed E-state index contributed by atoms with van der Waals surface area (Å²) in [4.78, 5) is 28.6. The number of piperazine rings is 1. The lowest BCUT2D eigenvalue weighted by atomic mass is 10.1. The van der Waals surface area contributed by atoms with E-state index >= 15 is 0 Å². The van der Waals surface area contributed by atoms with E-state index < -0.39 is 10.0 Å². The molecule has 2 aliphatic rings. The van der Waals surface area contributed by atoms with Gasteiger partial charge in [-0.2, -0.15) is 4.31 Å². The number of aromatic nitrogens is 1. The number of benzene rings is 1. The lowest BCUT2D eigenvalue weighted by Crippen LogP contribution is -2.52. The van der Waals surface area contributed by atoms with E-state index in [4.69, 9.17) is 0 Å². The van der Waals surface area contributed by atoms with E-state index in [0.717, 1.165) is 19.4 Å². The lowest BCUT2D eigenvalue weighted by Gasteiger charge is -2.35. The van der Waals surface area contributed by atoms with Crippen molar-refractivity contribution >= 4 is 21.7 Å². The SMILES string of the molecule is CC(=O)c1ccc(S(=O)(=O)N2CCN(C(=O)CN3CCC[C@@H]3c3cccn3C)CC2)cc1. The van der Waals surface area contributed by atoms with Gasteiger partial charge in [0.25, 0.3) is 0 Å². The summed E-state index contributed by atoms with van der Waals surface area (Å²) >= 11 is 0. The zero-order valence-electron chi connectivity index (χ0n) is 18.6. The summed E-state index contributed by atoms with van der Waals surface area (Å²) in [6, 6.07) is 10.4. The molecule has 1 atom stereocenters. The van der Waals surface area contributed by atoms with Gasteiger partial charge in [0.2, 0.25) is 15.9 Å². The second-order valence-electron chi connectivity index (χ2n) is 8.54. The van der Waals surface area contributed by atoms with E-state index in [0.29, 0.717) is 25.2 Å². The third-order valence-corrected chi connectivity index (χ3v) is 8.43. The Balaban J connectivity index is 1.35. The highest BCUT2D eigenvalue weighted by molar-refractivity contribution is 7.89. The van der Waals surface area contributed by atoms with Crippen molar-refractivity contribution in [1.82, 2.24) is 18.7 Å². The molecule has 4 rings (SSSR count). The van der Waals surface area contributed by atoms with Crippen LogP contribution in [0.15, 0.2) is 47.5 Å². The van der Waals surface area contributed by atoms with Gasteiger partial charge in [-0.25, -0.2) is 8.42 Å². The molecule has 0 radical (unpaired) electrons. The van der Waals surface area contributed by atoms with Crippen LogP contribution in [0.2, 0.25) is 0 Å². The standard InChI is InChI=1S/C23H30N4O4S/c1-18(28)19-7-9-20(10-8-19)32(30,31)27-15-13-25(14-16-27)23(29)17-26-12-4-6-22(26)21-5-3-11-24(21)2/h3,5,7-11,22H,4,6,12-17H2,1-2H3/t22-/m1/s1. The minimum absolute atomic E-state index is 0.0500. The first kappa shape index (κ1) is 22.7. The average molecular weight is 459 g/mol. The fourth-order valence-electron chi connectivity index (χ4n) is 4.63. The van der Waals surface area contributed by atoms with Gasteiger partial charge in [0.1, 0.15) is 0 Å². The Hall–Kier alpha value is -2.49. The summed E-state index contributed by atoms with van der Waals surface area (Å²) in [5.41, 5.74) is 1.71. The van der Waals surface area contributed by atoms with Crippen LogP contribution in [0.25, 0.3) is 0 Å². The Morgan fingerprint density at radius 3 is 2.28 bits per heavy atom. The molecule has 9 heteroatoms. The molecule has 0 unspecified atom stereocenters. The summed E-state index contributed by atoms with van der Waals surface area (Å²) in [5, 5.41) is 0. The van der Waals surface area contributed by atoms with Crippen LogP contribution in [0.4, 0.5) is 0 Å². The number of rotatable bonds is 6. The zero-order valence-corrected chi connectivity index (χ0v) is 19.4. The number of Topliss-reactive ketones (excluding diaryl/α,β-unsaturated/α-hetero) is 1. The van der Waals surface area contributed by atoms with E-state index in [1.54, 1.807) is 4.90 Å². The number of hydrogen-bond acceptors (Lipinski definition) is 5. The van der Waals surface area contributed by atoms with Crippen LogP contribution < -0.4 is 0 Å². The Bertz CT molecular complexity index is 1090. The fraction of sp³-hybridized carbons (Fsp3) is 0.478. The van der Waals surface area contributed by atoms with Crippen molar-refractivity contribution in [1.29, 1.82) is 0 Å². The number of carbonyl (C=O) groups is 2. The quantitative estimate of drug-likeness (QED) is 0.618. The van der Waals surface area contributed by atoms with Crippen LogP contribution >= 0.6 is 0 Å². The first-order valence-electron chi connectivity index (χ1n) is 11.0. The molecule has 2 fully saturated rings. The largest absolute Gasteiger partial charge is 0.353 e. The van der Waals surface area contributed by atoms with Gasteiger partial charge in [-0.1, -0.05) is 12.1 Å². The van der Waals surface area contributed by atoms with E-state index in [1.165, 1.54) is 41.2 Å². The highest BCUT2D eigenvalue weighted by atomic mass is 32.2. The molecule has 0 spiro atoms. The van der Waals surface area contributed by atoms with E-state index in [2.05, 4.69) is 15.5 Å². The molecule has 0 aliphatic carbocycles. The predicted molar refractivity (Wildman–Crippen MR) is 121 cm³/mol. The molecule has 2 aliphatic heterocycles. The number of likely N-dealkylation sites (tertiary alicyclic amines) is 1. The molecule has 2 saturated heterocycles. The minimum Gasteiger partial charge on any atom is -0.353 e. The Morgan fingerprint density at radius 1 is 1.00 bits per heavy atom. The maximum absolute atomic E-state index is 13.0. The smallest absolute Gasteiger partial charge is 0.243 e. The van der Waals surface area contributed by atoms with Crippen LogP contribution in [-0.4, -0.2) is 78.0 Å². The summed E-state index contributed by atoms with van der Waals surface area (Å²) in [7, 11) is -1.62. The average Bonchev–Trinajstić information content (AvgIpc) is 3.42. The number of carbonyl (C=O) groups excluding carboxylic acids is 2. The number of sulfonamides is 1. The summed E-state index contributed by atoms with van der Waals surface area (Å²) in [6.07, 6.45) is 4.14. The molecule has 2 aromatic rings. The van der Waals surface area contributed by atoms with Gasteiger partial charge in [-0.05, 0) is 50.6 Å². The van der Waals surface area contributed by atoms with Gasteiger partial charge in [-0.3, -0.25) is 14.5 Å². The normalized spacial score (nSPS) is 20.6. The van der Waals surface area contributed by atoms with Crippen molar-refractivity contribution < 1.29 is 18.0 Å². The molecule has 172 valence electrons. The van der Waals surface area contributed by atoms with Gasteiger partial charge in [0.05, 0.1) is 17.5 Å². The van der Waals surface area contributed by atoms with Gasteiger partial charge in [-0.15, -0.1) is 0 Å². The highest BCUT2D eigenvalue weighted by Crippen LogP contribution is 2.31. The Labute approximate surface area is 189 Å². The van der Waals surface area contributed by atoms with Crippen molar-refractivity contribution in [3.63, 3.8) is 0 Å². The van der Waals surface area contributed by atoms with Crippen molar-refractivity contribution in [2.45, 2.75) is 30.7 Å². The van der Waals surface area contributed by atoms with Crippen molar-refractivity contribution in [3.05, 3.63) is 53.9 Å². The molecular weight excluding hydrogens is 428 g/mol. The molecule has 0 bridgehead atoms. The molecule has 3 heterocycles. The zero-order chi connectivity index (χ0) is 22.9. The molecule has 1 aromatic carbocycles. The first-order chi connectivity index (χ1) is 15.3. The number of aryl methyl sites for hydroxylation is 1. The number of hydrogen-bond donors (Lipinski definition) is 0. The number of nitrogens with zero attached hydrogens (tertiary/aromatic N) is 4. The predicted octanol–water partition coefficient (Wildman–Crippen LogP) is 1.90. The van der Waals surface area contributed by atoms with Crippen molar-refractivity contribution in [3.8, 4) is 0 Å². The molecular formula is C23H30N4O4S. The highest BCUT2D eigenvalue weighted by Gasteiger charge is 2.33. The topological polar surface area (TPSA) is 82.9 Å². The fourth-order valence-corrected chi connectivity index (χ4v) is 6.06. The van der Waals surface area contributed by atoms with Gasteiger partial charge < -0.3 is 9.47 Å². The first-order valence-corrected chi connectivity index (χ1v) is 12.5. The minimum atomic E-state index is -3.65. The third-order valence-electron chi connectivity index (χ3n) is 6.52. The van der Waals surface area contributed by atoms with E-state index in [1.807, 2.05) is 19.3 Å². The maximum Gasteiger partial charge on any atom is 0.243 e. The summed E-state index contributed by atoms with van der Waals surface area (Å²) in [5.74, 6) is -0.0533. The van der Waals surface area contributed by atoms with Crippen LogP contribution in [0, 0.1) is 0 Å². The van der Waals surface area contributed by atoms with Crippen LogP contribution in [-0.2, 0) is 21.9 Å². The Morgan fingerprint density at radius 2 is 1.69 bits per heavy atom. The van der Waals surface area contributed by atoms with Crippen molar-refractivity contribution in [2.75, 3.05) is 39.3 Å². The van der Waals surface area contributed by atoms with Gasteiger partial charge >= 0.3 is 0 Å². The molecule has 0 N–H and O–H groups in total. The van der Waals surface area contributed by atoms with Crippen LogP contribution in [0.5, 0.6) is 0 Å². The van der Waals surface area contributed by atoms with Crippen molar-refractivity contribution in [2.24, 2.45) is 7.05 Å². The van der Waals surface area contributed by atoms with Crippen LogP contribution in [0.1, 0.15) is 41.9 Å². The molecule has 1 aromatic heterocycles. The maximum atomic E-state index is 13.0. The second kappa shape index (κ2) is 9.17. The summed E-state index contributed by atoms with van der Waals surface area (Å²) < 4.78 is 29.4. The molecule has 1 amide bonds. The monoisotopic (exact) mass is 458 g/mol. The Kier molecular flexibility index (Phi) is 6.50. The molecule has 0 saturated carbocycles. The van der Waals surface area contributed by atoms with E-state index in [9.17, 15) is 18.0 Å². The number of amides is 1. The third kappa shape index (κ3) is 4.51. The molecule has 32 heavy (non-hydrogen) atoms. The van der Waals surface area contributed by atoms with Gasteiger partial charge in [0, 0.05) is 50.7 Å². The summed E-state index contributed by atoms with van der Waals surface area (Å²) in [6.45, 7) is 4.00. The number of ketones is 1. The molecule has 8 nitrogen and oxygen atoms in total. The van der Waals surface area contributed by atoms with Crippen LogP contribution in [0.3, 0.4) is 0 Å². The second-order valence-corrected chi connectivity index (χ2v) is 10.5.